The number of nitrogens with one attached hydrogen (secondary N) is 1. The topological polar surface area (TPSA) is 42.2 Å². The maximum Gasteiger partial charge on any atom is 0.286 e. The molecule has 0 saturated heterocycles. The number of rotatable bonds is 1. The molecule has 0 spiro atoms. The minimum atomic E-state index is -0.187. The molecule has 0 bridgehead atoms. The average Bonchev–Trinajstić information content (AvgIpc) is 2.34. The van der Waals surface area contributed by atoms with E-state index in [-0.39, 0.29) is 5.91 Å². The summed E-state index contributed by atoms with van der Waals surface area (Å²) < 4.78 is 5.02. The van der Waals surface area contributed by atoms with E-state index in [2.05, 4.69) is 5.32 Å². The number of amides is 1. The summed E-state index contributed by atoms with van der Waals surface area (Å²) in [4.78, 5) is 10.8. The molecule has 1 heterocycles. The summed E-state index contributed by atoms with van der Waals surface area (Å²) in [7, 11) is 1.57. The van der Waals surface area contributed by atoms with Crippen LogP contribution in [0.15, 0.2) is 16.5 Å². The van der Waals surface area contributed by atoms with Gasteiger partial charge in [-0.2, -0.15) is 0 Å². The first-order chi connectivity index (χ1) is 4.74. The second kappa shape index (κ2) is 2.56. The molecule has 1 rings (SSSR count). The van der Waals surface area contributed by atoms with Gasteiger partial charge in [-0.05, 0) is 19.1 Å². The molecule has 0 atom stereocenters. The van der Waals surface area contributed by atoms with Crippen LogP contribution in [0.2, 0.25) is 0 Å². The smallest absolute Gasteiger partial charge is 0.286 e. The van der Waals surface area contributed by atoms with E-state index in [4.69, 9.17) is 4.42 Å². The Balaban J connectivity index is 2.85. The summed E-state index contributed by atoms with van der Waals surface area (Å²) >= 11 is 0. The molecule has 0 radical (unpaired) electrons. The maximum atomic E-state index is 10.8. The van der Waals surface area contributed by atoms with Gasteiger partial charge in [0.2, 0.25) is 0 Å². The Labute approximate surface area is 59.0 Å². The highest BCUT2D eigenvalue weighted by Gasteiger charge is 2.05. The molecule has 0 fully saturated rings. The second-order valence-electron chi connectivity index (χ2n) is 1.99. The highest BCUT2D eigenvalue weighted by Crippen LogP contribution is 2.04. The van der Waals surface area contributed by atoms with Crippen LogP contribution in [0.25, 0.3) is 0 Å². The van der Waals surface area contributed by atoms with Crippen molar-refractivity contribution in [2.75, 3.05) is 7.05 Å². The van der Waals surface area contributed by atoms with Crippen molar-refractivity contribution in [2.45, 2.75) is 6.92 Å². The molecular formula is C7H9NO2. The van der Waals surface area contributed by atoms with Gasteiger partial charge in [0.1, 0.15) is 5.76 Å². The molecular weight excluding hydrogens is 130 g/mol. The van der Waals surface area contributed by atoms with E-state index >= 15 is 0 Å². The number of aryl methyl sites for hydroxylation is 1. The summed E-state index contributed by atoms with van der Waals surface area (Å²) in [5.74, 6) is 0.923. The fraction of sp³-hybridized carbons (Fsp3) is 0.286. The monoisotopic (exact) mass is 139 g/mol. The van der Waals surface area contributed by atoms with Gasteiger partial charge in [0.25, 0.3) is 5.91 Å². The summed E-state index contributed by atoms with van der Waals surface area (Å²) in [5, 5.41) is 2.46. The van der Waals surface area contributed by atoms with Crippen LogP contribution in [0, 0.1) is 6.92 Å². The number of carbonyl (C=O) groups is 1. The number of hydrogen-bond donors (Lipinski definition) is 1. The first-order valence-electron chi connectivity index (χ1n) is 3.02. The van der Waals surface area contributed by atoms with Gasteiger partial charge in [-0.3, -0.25) is 4.79 Å². The fourth-order valence-electron chi connectivity index (χ4n) is 0.680. The van der Waals surface area contributed by atoms with Crippen LogP contribution >= 0.6 is 0 Å². The third-order valence-corrected chi connectivity index (χ3v) is 1.19. The van der Waals surface area contributed by atoms with Gasteiger partial charge in [0.15, 0.2) is 5.76 Å². The zero-order chi connectivity index (χ0) is 7.56. The molecule has 0 aliphatic carbocycles. The van der Waals surface area contributed by atoms with Gasteiger partial charge in [0, 0.05) is 7.05 Å². The van der Waals surface area contributed by atoms with E-state index in [9.17, 15) is 4.79 Å². The van der Waals surface area contributed by atoms with Crippen molar-refractivity contribution in [3.63, 3.8) is 0 Å². The molecule has 3 nitrogen and oxygen atoms in total. The zero-order valence-electron chi connectivity index (χ0n) is 5.97. The van der Waals surface area contributed by atoms with E-state index in [1.165, 1.54) is 0 Å². The summed E-state index contributed by atoms with van der Waals surface area (Å²) in [6.45, 7) is 1.80. The molecule has 0 aliphatic rings. The molecule has 1 N–H and O–H groups in total. The van der Waals surface area contributed by atoms with E-state index in [1.54, 1.807) is 26.1 Å². The summed E-state index contributed by atoms with van der Waals surface area (Å²) in [6.07, 6.45) is 0. The molecule has 0 aromatic carbocycles. The third kappa shape index (κ3) is 1.18. The third-order valence-electron chi connectivity index (χ3n) is 1.19. The minimum absolute atomic E-state index is 0.187. The van der Waals surface area contributed by atoms with Gasteiger partial charge < -0.3 is 9.73 Å². The lowest BCUT2D eigenvalue weighted by Crippen LogP contribution is -2.16. The number of hydrogen-bond acceptors (Lipinski definition) is 2. The Kier molecular flexibility index (Phi) is 1.76. The van der Waals surface area contributed by atoms with Crippen molar-refractivity contribution in [2.24, 2.45) is 0 Å². The summed E-state index contributed by atoms with van der Waals surface area (Å²) in [5.41, 5.74) is 0. The second-order valence-corrected chi connectivity index (χ2v) is 1.99. The van der Waals surface area contributed by atoms with Crippen LogP contribution in [0.3, 0.4) is 0 Å². The van der Waals surface area contributed by atoms with Crippen LogP contribution in [0.5, 0.6) is 0 Å². The SMILES string of the molecule is CNC(=O)c1ccc(C)o1. The van der Waals surface area contributed by atoms with Gasteiger partial charge in [-0.1, -0.05) is 0 Å². The highest BCUT2D eigenvalue weighted by atomic mass is 16.3. The Morgan fingerprint density at radius 3 is 2.70 bits per heavy atom. The zero-order valence-corrected chi connectivity index (χ0v) is 5.97. The van der Waals surface area contributed by atoms with E-state index in [0.717, 1.165) is 5.76 Å². The summed E-state index contributed by atoms with van der Waals surface area (Å²) in [6, 6.07) is 3.40. The van der Waals surface area contributed by atoms with E-state index < -0.39 is 0 Å². The van der Waals surface area contributed by atoms with Crippen molar-refractivity contribution in [1.82, 2.24) is 5.32 Å². The van der Waals surface area contributed by atoms with E-state index in [1.807, 2.05) is 0 Å². The van der Waals surface area contributed by atoms with Crippen LogP contribution in [0.1, 0.15) is 16.3 Å². The van der Waals surface area contributed by atoms with Crippen LogP contribution in [-0.2, 0) is 0 Å². The first kappa shape index (κ1) is 6.86. The Bertz CT molecular complexity index is 240. The molecule has 1 aromatic rings. The predicted octanol–water partition coefficient (Wildman–Crippen LogP) is 0.948. The predicted molar refractivity (Wildman–Crippen MR) is 36.8 cm³/mol. The molecule has 10 heavy (non-hydrogen) atoms. The normalized spacial score (nSPS) is 9.40. The Hall–Kier alpha value is -1.25. The van der Waals surface area contributed by atoms with Gasteiger partial charge >= 0.3 is 0 Å². The molecule has 1 amide bonds. The molecule has 0 unspecified atom stereocenters. The molecule has 54 valence electrons. The maximum absolute atomic E-state index is 10.8. The average molecular weight is 139 g/mol. The van der Waals surface area contributed by atoms with Crippen LogP contribution < -0.4 is 5.32 Å². The van der Waals surface area contributed by atoms with Crippen LogP contribution in [-0.4, -0.2) is 13.0 Å². The largest absolute Gasteiger partial charge is 0.456 e. The van der Waals surface area contributed by atoms with Crippen molar-refractivity contribution >= 4 is 5.91 Å². The molecule has 3 heteroatoms. The van der Waals surface area contributed by atoms with Gasteiger partial charge in [-0.15, -0.1) is 0 Å². The lowest BCUT2D eigenvalue weighted by Gasteiger charge is -1.91. The number of furan rings is 1. The number of carbonyl (C=O) groups excluding carboxylic acids is 1. The van der Waals surface area contributed by atoms with Crippen molar-refractivity contribution < 1.29 is 9.21 Å². The Morgan fingerprint density at radius 1 is 1.60 bits per heavy atom. The minimum Gasteiger partial charge on any atom is -0.456 e. The van der Waals surface area contributed by atoms with Crippen molar-refractivity contribution in [1.29, 1.82) is 0 Å². The molecule has 1 aromatic heterocycles. The van der Waals surface area contributed by atoms with Crippen molar-refractivity contribution in [3.8, 4) is 0 Å². The highest BCUT2D eigenvalue weighted by molar-refractivity contribution is 5.91. The molecule has 0 aliphatic heterocycles. The lowest BCUT2D eigenvalue weighted by molar-refractivity contribution is 0.0934. The Morgan fingerprint density at radius 2 is 2.30 bits per heavy atom. The fourth-order valence-corrected chi connectivity index (χ4v) is 0.680. The van der Waals surface area contributed by atoms with Crippen LogP contribution in [0.4, 0.5) is 0 Å². The van der Waals surface area contributed by atoms with Gasteiger partial charge in [0.05, 0.1) is 0 Å². The van der Waals surface area contributed by atoms with E-state index in [0.29, 0.717) is 5.76 Å². The van der Waals surface area contributed by atoms with Crippen molar-refractivity contribution in [3.05, 3.63) is 23.7 Å². The first-order valence-corrected chi connectivity index (χ1v) is 3.02. The molecule has 0 saturated carbocycles. The lowest BCUT2D eigenvalue weighted by atomic mass is 10.4. The standard InChI is InChI=1S/C7H9NO2/c1-5-3-4-6(10-5)7(9)8-2/h3-4H,1-2H3,(H,8,9). The van der Waals surface area contributed by atoms with Gasteiger partial charge in [-0.25, -0.2) is 0 Å². The quantitative estimate of drug-likeness (QED) is 0.629.